The Balaban J connectivity index is 1.78. The lowest BCUT2D eigenvalue weighted by Crippen LogP contribution is -2.08. The topological polar surface area (TPSA) is 29.5 Å². The molecule has 26 heavy (non-hydrogen) atoms. The van der Waals surface area contributed by atoms with E-state index in [1.54, 1.807) is 0 Å². The van der Waals surface area contributed by atoms with E-state index in [0.717, 1.165) is 24.5 Å². The van der Waals surface area contributed by atoms with Gasteiger partial charge in [-0.1, -0.05) is 57.2 Å². The molecule has 0 aliphatic heterocycles. The predicted octanol–water partition coefficient (Wildman–Crippen LogP) is 6.33. The summed E-state index contributed by atoms with van der Waals surface area (Å²) in [5.41, 5.74) is 4.04. The third-order valence-corrected chi connectivity index (χ3v) is 5.65. The number of ether oxygens (including phenoxy) is 1. The second kappa shape index (κ2) is 9.05. The second-order valence-electron chi connectivity index (χ2n) is 6.80. The predicted molar refractivity (Wildman–Crippen MR) is 112 cm³/mol. The van der Waals surface area contributed by atoms with E-state index >= 15 is 0 Å². The Morgan fingerprint density at radius 1 is 1.08 bits per heavy atom. The van der Waals surface area contributed by atoms with Gasteiger partial charge in [0, 0.05) is 17.3 Å². The van der Waals surface area contributed by atoms with Crippen LogP contribution in [0.1, 0.15) is 54.7 Å². The number of aliphatic hydroxyl groups is 1. The molecule has 1 saturated carbocycles. The van der Waals surface area contributed by atoms with Gasteiger partial charge in [-0.3, -0.25) is 0 Å². The standard InChI is InChI=1S/C23H27O2P/c1-17(24)9-7-8-16-25-22-13-6-5-12-21(22)23(26-2)20-11-4-3-10-19(20)18-14-15-18/h3-6,10-13,18,24H,1,7-9,14-16H2,2H3. The summed E-state index contributed by atoms with van der Waals surface area (Å²) >= 11 is 0. The number of aliphatic hydroxyl groups excluding tert-OH is 1. The molecule has 0 bridgehead atoms. The molecule has 2 aromatic rings. The average Bonchev–Trinajstić information content (AvgIpc) is 3.48. The molecule has 1 N–H and O–H groups in total. The first-order chi connectivity index (χ1) is 12.7. The van der Waals surface area contributed by atoms with E-state index in [1.165, 1.54) is 43.0 Å². The van der Waals surface area contributed by atoms with Crippen molar-refractivity contribution in [3.63, 3.8) is 0 Å². The van der Waals surface area contributed by atoms with E-state index in [0.29, 0.717) is 13.0 Å². The number of rotatable bonds is 9. The van der Waals surface area contributed by atoms with Gasteiger partial charge < -0.3 is 9.84 Å². The first kappa shape index (κ1) is 18.7. The van der Waals surface area contributed by atoms with Crippen molar-refractivity contribution < 1.29 is 9.84 Å². The summed E-state index contributed by atoms with van der Waals surface area (Å²) in [6, 6.07) is 17.2. The van der Waals surface area contributed by atoms with Gasteiger partial charge in [-0.25, -0.2) is 0 Å². The largest absolute Gasteiger partial charge is 0.513 e. The average molecular weight is 366 g/mol. The Morgan fingerprint density at radius 3 is 2.46 bits per heavy atom. The Morgan fingerprint density at radius 2 is 1.77 bits per heavy atom. The van der Waals surface area contributed by atoms with Gasteiger partial charge in [0.25, 0.3) is 0 Å². The summed E-state index contributed by atoms with van der Waals surface area (Å²) in [6.45, 7) is 6.38. The fraction of sp³-hybridized carbons (Fsp3) is 0.348. The zero-order valence-electron chi connectivity index (χ0n) is 15.4. The van der Waals surface area contributed by atoms with Crippen molar-refractivity contribution in [2.75, 3.05) is 13.3 Å². The van der Waals surface area contributed by atoms with Crippen molar-refractivity contribution in [3.05, 3.63) is 77.6 Å². The van der Waals surface area contributed by atoms with Crippen LogP contribution in [-0.4, -0.2) is 23.7 Å². The first-order valence-electron chi connectivity index (χ1n) is 9.35. The molecule has 0 spiro atoms. The number of unbranched alkanes of at least 4 members (excludes halogenated alkanes) is 1. The molecule has 3 rings (SSSR count). The lowest BCUT2D eigenvalue weighted by Gasteiger charge is -2.16. The van der Waals surface area contributed by atoms with Gasteiger partial charge in [0.05, 0.1) is 12.4 Å². The van der Waals surface area contributed by atoms with Gasteiger partial charge in [0.2, 0.25) is 0 Å². The van der Waals surface area contributed by atoms with Crippen LogP contribution in [0.15, 0.2) is 60.9 Å². The normalized spacial score (nSPS) is 14.3. The number of allylic oxidation sites excluding steroid dienone is 1. The number of para-hydroxylation sites is 1. The van der Waals surface area contributed by atoms with Crippen LogP contribution in [0, 0.1) is 0 Å². The molecule has 2 nitrogen and oxygen atoms in total. The lowest BCUT2D eigenvalue weighted by atomic mass is 9.96. The molecule has 3 heteroatoms. The highest BCUT2D eigenvalue weighted by Gasteiger charge is 2.27. The molecule has 1 aliphatic rings. The number of benzene rings is 2. The monoisotopic (exact) mass is 366 g/mol. The van der Waals surface area contributed by atoms with Gasteiger partial charge in [-0.15, -0.1) is 0 Å². The van der Waals surface area contributed by atoms with Crippen LogP contribution >= 0.6 is 8.20 Å². The Kier molecular flexibility index (Phi) is 6.52. The third kappa shape index (κ3) is 4.77. The maximum absolute atomic E-state index is 9.18. The number of hydrogen-bond donors (Lipinski definition) is 1. The molecule has 0 atom stereocenters. The van der Waals surface area contributed by atoms with E-state index in [-0.39, 0.29) is 5.76 Å². The molecule has 1 aliphatic carbocycles. The highest BCUT2D eigenvalue weighted by molar-refractivity contribution is 7.41. The van der Waals surface area contributed by atoms with Crippen LogP contribution in [0.5, 0.6) is 5.75 Å². The zero-order valence-corrected chi connectivity index (χ0v) is 16.3. The van der Waals surface area contributed by atoms with Crippen molar-refractivity contribution >= 4 is 13.5 Å². The maximum atomic E-state index is 9.18. The van der Waals surface area contributed by atoms with Crippen molar-refractivity contribution in [1.82, 2.24) is 0 Å². The lowest BCUT2D eigenvalue weighted by molar-refractivity contribution is 0.300. The first-order valence-corrected chi connectivity index (χ1v) is 10.7. The van der Waals surface area contributed by atoms with Crippen molar-refractivity contribution in [3.8, 4) is 5.75 Å². The Hall–Kier alpha value is -2.05. The fourth-order valence-electron chi connectivity index (χ4n) is 3.25. The minimum Gasteiger partial charge on any atom is -0.513 e. The van der Waals surface area contributed by atoms with Gasteiger partial charge in [0.1, 0.15) is 5.75 Å². The van der Waals surface area contributed by atoms with Crippen LogP contribution < -0.4 is 4.74 Å². The molecule has 1 fully saturated rings. The summed E-state index contributed by atoms with van der Waals surface area (Å²) in [6.07, 6.45) is 5.06. The quantitative estimate of drug-likeness (QED) is 0.319. The van der Waals surface area contributed by atoms with E-state index in [2.05, 4.69) is 55.7 Å². The molecule has 0 heterocycles. The van der Waals surface area contributed by atoms with Crippen LogP contribution in [-0.2, 0) is 0 Å². The Labute approximate surface area is 158 Å². The highest BCUT2D eigenvalue weighted by Crippen LogP contribution is 2.43. The zero-order chi connectivity index (χ0) is 18.4. The summed E-state index contributed by atoms with van der Waals surface area (Å²) in [4.78, 5) is 0. The van der Waals surface area contributed by atoms with E-state index in [4.69, 9.17) is 4.74 Å². The van der Waals surface area contributed by atoms with Crippen LogP contribution in [0.25, 0.3) is 0 Å². The van der Waals surface area contributed by atoms with Gasteiger partial charge in [-0.2, -0.15) is 0 Å². The summed E-state index contributed by atoms with van der Waals surface area (Å²) < 4.78 is 6.10. The molecule has 0 radical (unpaired) electrons. The van der Waals surface area contributed by atoms with Crippen LogP contribution in [0.3, 0.4) is 0 Å². The third-order valence-electron chi connectivity index (χ3n) is 4.72. The molecular weight excluding hydrogens is 339 g/mol. The highest BCUT2D eigenvalue weighted by atomic mass is 31.1. The molecule has 0 saturated heterocycles. The SMILES string of the molecule is C=C(O)CCCCOc1ccccc1C(=PC)c1ccccc1C1CC1. The van der Waals surface area contributed by atoms with E-state index < -0.39 is 0 Å². The maximum Gasteiger partial charge on any atom is 0.127 e. The van der Waals surface area contributed by atoms with Crippen molar-refractivity contribution in [2.24, 2.45) is 0 Å². The van der Waals surface area contributed by atoms with Gasteiger partial charge in [-0.05, 0) is 55.5 Å². The summed E-state index contributed by atoms with van der Waals surface area (Å²) in [5.74, 6) is 1.93. The van der Waals surface area contributed by atoms with Crippen LogP contribution in [0.4, 0.5) is 0 Å². The molecule has 0 unspecified atom stereocenters. The minimum atomic E-state index is 0.252. The van der Waals surface area contributed by atoms with Crippen molar-refractivity contribution in [1.29, 1.82) is 0 Å². The number of hydrogen-bond acceptors (Lipinski definition) is 2. The molecule has 0 aromatic heterocycles. The summed E-state index contributed by atoms with van der Waals surface area (Å²) in [7, 11) is 1.25. The Bertz CT molecular complexity index is 790. The van der Waals surface area contributed by atoms with Gasteiger partial charge in [0.15, 0.2) is 0 Å². The molecule has 2 aromatic carbocycles. The van der Waals surface area contributed by atoms with Crippen molar-refractivity contribution in [2.45, 2.75) is 38.0 Å². The molecule has 0 amide bonds. The second-order valence-corrected chi connectivity index (χ2v) is 7.70. The molecular formula is C23H27O2P. The van der Waals surface area contributed by atoms with Gasteiger partial charge >= 0.3 is 0 Å². The fourth-order valence-corrected chi connectivity index (χ4v) is 4.12. The van der Waals surface area contributed by atoms with E-state index in [9.17, 15) is 5.11 Å². The summed E-state index contributed by atoms with van der Waals surface area (Å²) in [5, 5.41) is 10.5. The molecule has 136 valence electrons. The smallest absolute Gasteiger partial charge is 0.127 e. The van der Waals surface area contributed by atoms with E-state index in [1.807, 2.05) is 6.07 Å². The van der Waals surface area contributed by atoms with Crippen LogP contribution in [0.2, 0.25) is 0 Å². The minimum absolute atomic E-state index is 0.252.